The molecular formula is C21H26N2O4S2. The number of hydrogen-bond acceptors (Lipinski definition) is 6. The number of nitrogens with zero attached hydrogens (tertiary/aromatic N) is 1. The fourth-order valence-corrected chi connectivity index (χ4v) is 3.89. The van der Waals surface area contributed by atoms with E-state index in [1.54, 1.807) is 24.8 Å². The highest BCUT2D eigenvalue weighted by atomic mass is 32.2. The lowest BCUT2D eigenvalue weighted by Gasteiger charge is -2.07. The summed E-state index contributed by atoms with van der Waals surface area (Å²) in [5.74, 6) is -0.509. The lowest BCUT2D eigenvalue weighted by atomic mass is 10.2. The molecule has 156 valence electrons. The Kier molecular flexibility index (Phi) is 8.72. The van der Waals surface area contributed by atoms with Gasteiger partial charge in [-0.3, -0.25) is 14.2 Å². The number of benzene rings is 1. The molecule has 0 aliphatic heterocycles. The molecule has 1 aromatic heterocycles. The molecule has 1 aromatic carbocycles. The predicted molar refractivity (Wildman–Crippen MR) is 119 cm³/mol. The number of rotatable bonds is 8. The Morgan fingerprint density at radius 3 is 2.55 bits per heavy atom. The van der Waals surface area contributed by atoms with Crippen LogP contribution in [-0.2, 0) is 20.9 Å². The quantitative estimate of drug-likeness (QED) is 0.504. The molecular weight excluding hydrogens is 408 g/mol. The minimum atomic E-state index is -0.541. The summed E-state index contributed by atoms with van der Waals surface area (Å²) in [5.41, 5.74) is 0.569. The Balaban J connectivity index is 2.46. The number of hydrogen-bond donors (Lipinski definition) is 1. The molecule has 0 saturated heterocycles. The van der Waals surface area contributed by atoms with Crippen molar-refractivity contribution >= 4 is 47.1 Å². The molecule has 6 nitrogen and oxygen atoms in total. The Morgan fingerprint density at radius 1 is 1.28 bits per heavy atom. The summed E-state index contributed by atoms with van der Waals surface area (Å²) in [6.07, 6.45) is 5.03. The molecule has 29 heavy (non-hydrogen) atoms. The lowest BCUT2D eigenvalue weighted by Crippen LogP contribution is -2.39. The van der Waals surface area contributed by atoms with Crippen molar-refractivity contribution in [3.8, 4) is 0 Å². The summed E-state index contributed by atoms with van der Waals surface area (Å²) in [6, 6.07) is 7.82. The van der Waals surface area contributed by atoms with Crippen molar-refractivity contribution in [1.82, 2.24) is 9.88 Å². The van der Waals surface area contributed by atoms with Crippen LogP contribution in [0.15, 0.2) is 34.0 Å². The molecule has 8 heteroatoms. The molecule has 0 atom stereocenters. The minimum absolute atomic E-state index is 0.146. The standard InChI is InChI=1S/C21H26N2O4S2/c1-5-27-20(25)11-19-23(13-18(24)22-12-14(2)3)21(26)17(29-19)10-15-6-8-16(28-4)9-7-15/h6-11,14H,5,12-13H2,1-4H3,(H,22,24). The Hall–Kier alpha value is -2.32. The smallest absolute Gasteiger partial charge is 0.333 e. The van der Waals surface area contributed by atoms with Gasteiger partial charge in [0.15, 0.2) is 0 Å². The highest BCUT2D eigenvalue weighted by Crippen LogP contribution is 2.14. The third kappa shape index (κ3) is 6.90. The minimum Gasteiger partial charge on any atom is -0.463 e. The van der Waals surface area contributed by atoms with Crippen molar-refractivity contribution in [2.45, 2.75) is 32.2 Å². The van der Waals surface area contributed by atoms with E-state index in [2.05, 4.69) is 5.32 Å². The van der Waals surface area contributed by atoms with Gasteiger partial charge < -0.3 is 10.1 Å². The molecule has 2 aromatic rings. The second-order valence-corrected chi connectivity index (χ2v) is 8.65. The third-order valence-electron chi connectivity index (χ3n) is 3.89. The molecule has 0 spiro atoms. The van der Waals surface area contributed by atoms with E-state index in [1.165, 1.54) is 10.6 Å². The van der Waals surface area contributed by atoms with Gasteiger partial charge in [-0.25, -0.2) is 4.79 Å². The van der Waals surface area contributed by atoms with Crippen LogP contribution in [0.1, 0.15) is 26.3 Å². The number of nitrogens with one attached hydrogen (secondary N) is 1. The zero-order valence-corrected chi connectivity index (χ0v) is 18.7. The zero-order valence-electron chi connectivity index (χ0n) is 17.1. The SMILES string of the molecule is CCOC(=O)C=c1sc(=Cc2ccc(SC)cc2)c(=O)n1CC(=O)NCC(C)C. The number of aromatic nitrogens is 1. The van der Waals surface area contributed by atoms with Crippen molar-refractivity contribution in [3.63, 3.8) is 0 Å². The molecule has 1 heterocycles. The van der Waals surface area contributed by atoms with Crippen molar-refractivity contribution in [2.75, 3.05) is 19.4 Å². The maximum Gasteiger partial charge on any atom is 0.333 e. The Bertz CT molecular complexity index is 1020. The summed E-state index contributed by atoms with van der Waals surface area (Å²) in [7, 11) is 0. The van der Waals surface area contributed by atoms with E-state index in [9.17, 15) is 14.4 Å². The van der Waals surface area contributed by atoms with Crippen LogP contribution >= 0.6 is 23.1 Å². The highest BCUT2D eigenvalue weighted by molar-refractivity contribution is 7.98. The van der Waals surface area contributed by atoms with E-state index in [0.29, 0.717) is 21.7 Å². The summed E-state index contributed by atoms with van der Waals surface area (Å²) >= 11 is 2.81. The zero-order chi connectivity index (χ0) is 21.4. The second kappa shape index (κ2) is 11.0. The van der Waals surface area contributed by atoms with Gasteiger partial charge in [-0.15, -0.1) is 23.1 Å². The fourth-order valence-electron chi connectivity index (χ4n) is 2.45. The Labute approximate surface area is 178 Å². The van der Waals surface area contributed by atoms with Crippen LogP contribution in [0, 0.1) is 5.92 Å². The highest BCUT2D eigenvalue weighted by Gasteiger charge is 2.11. The van der Waals surface area contributed by atoms with Crippen LogP contribution in [0.25, 0.3) is 12.2 Å². The molecule has 1 N–H and O–H groups in total. The first-order chi connectivity index (χ1) is 13.8. The van der Waals surface area contributed by atoms with E-state index in [0.717, 1.165) is 21.8 Å². The van der Waals surface area contributed by atoms with Gasteiger partial charge >= 0.3 is 5.97 Å². The molecule has 0 fully saturated rings. The molecule has 2 rings (SSSR count). The largest absolute Gasteiger partial charge is 0.463 e. The van der Waals surface area contributed by atoms with Gasteiger partial charge in [0, 0.05) is 11.4 Å². The number of carbonyl (C=O) groups is 2. The van der Waals surface area contributed by atoms with Crippen LogP contribution in [-0.4, -0.2) is 35.9 Å². The van der Waals surface area contributed by atoms with E-state index in [4.69, 9.17) is 4.74 Å². The molecule has 0 bridgehead atoms. The average molecular weight is 435 g/mol. The van der Waals surface area contributed by atoms with E-state index >= 15 is 0 Å². The second-order valence-electron chi connectivity index (χ2n) is 6.71. The summed E-state index contributed by atoms with van der Waals surface area (Å²) in [6.45, 7) is 6.31. The van der Waals surface area contributed by atoms with Crippen LogP contribution in [0.3, 0.4) is 0 Å². The van der Waals surface area contributed by atoms with Gasteiger partial charge in [-0.1, -0.05) is 26.0 Å². The Morgan fingerprint density at radius 2 is 1.97 bits per heavy atom. The normalized spacial score (nSPS) is 12.4. The third-order valence-corrected chi connectivity index (χ3v) is 5.69. The molecule has 0 unspecified atom stereocenters. The average Bonchev–Trinajstić information content (AvgIpc) is 2.96. The van der Waals surface area contributed by atoms with Crippen LogP contribution in [0.4, 0.5) is 0 Å². The predicted octanol–water partition coefficient (Wildman–Crippen LogP) is 1.58. The number of amides is 1. The summed E-state index contributed by atoms with van der Waals surface area (Å²) < 4.78 is 7.12. The van der Waals surface area contributed by atoms with Gasteiger partial charge in [0.25, 0.3) is 5.56 Å². The van der Waals surface area contributed by atoms with Gasteiger partial charge in [0.2, 0.25) is 5.91 Å². The number of thioether (sulfide) groups is 1. The molecule has 1 amide bonds. The number of ether oxygens (including phenoxy) is 1. The lowest BCUT2D eigenvalue weighted by molar-refractivity contribution is -0.135. The monoisotopic (exact) mass is 434 g/mol. The van der Waals surface area contributed by atoms with Gasteiger partial charge in [0.1, 0.15) is 11.2 Å². The molecule has 0 aliphatic carbocycles. The molecule has 0 radical (unpaired) electrons. The number of esters is 1. The van der Waals surface area contributed by atoms with Crippen molar-refractivity contribution in [1.29, 1.82) is 0 Å². The van der Waals surface area contributed by atoms with E-state index in [-0.39, 0.29) is 24.6 Å². The first-order valence-corrected chi connectivity index (χ1v) is 11.4. The first kappa shape index (κ1) is 23.0. The summed E-state index contributed by atoms with van der Waals surface area (Å²) in [4.78, 5) is 38.2. The van der Waals surface area contributed by atoms with Gasteiger partial charge in [-0.2, -0.15) is 0 Å². The maximum atomic E-state index is 12.9. The number of thiazole rings is 1. The van der Waals surface area contributed by atoms with Crippen LogP contribution in [0.2, 0.25) is 0 Å². The van der Waals surface area contributed by atoms with Crippen LogP contribution < -0.4 is 20.1 Å². The molecule has 0 aliphatic rings. The maximum absolute atomic E-state index is 12.9. The fraction of sp³-hybridized carbons (Fsp3) is 0.381. The van der Waals surface area contributed by atoms with Gasteiger partial charge in [-0.05, 0) is 42.9 Å². The molecule has 0 saturated carbocycles. The van der Waals surface area contributed by atoms with Crippen molar-refractivity contribution < 1.29 is 14.3 Å². The number of carbonyl (C=O) groups excluding carboxylic acids is 2. The first-order valence-electron chi connectivity index (χ1n) is 9.34. The van der Waals surface area contributed by atoms with Crippen molar-refractivity contribution in [3.05, 3.63) is 49.4 Å². The topological polar surface area (TPSA) is 77.4 Å². The van der Waals surface area contributed by atoms with E-state index in [1.807, 2.05) is 44.4 Å². The van der Waals surface area contributed by atoms with Crippen molar-refractivity contribution in [2.24, 2.45) is 5.92 Å². The van der Waals surface area contributed by atoms with Crippen LogP contribution in [0.5, 0.6) is 0 Å². The van der Waals surface area contributed by atoms with Gasteiger partial charge in [0.05, 0.1) is 17.2 Å². The summed E-state index contributed by atoms with van der Waals surface area (Å²) in [5, 5.41) is 2.80. The van der Waals surface area contributed by atoms with E-state index < -0.39 is 5.97 Å².